The van der Waals surface area contributed by atoms with E-state index in [9.17, 15) is 40.6 Å². The van der Waals surface area contributed by atoms with Crippen LogP contribution in [0.15, 0.2) is 36.4 Å². The number of nitrogens with zero attached hydrogens (tertiary/aromatic N) is 1. The van der Waals surface area contributed by atoms with Gasteiger partial charge in [-0.3, -0.25) is 4.79 Å². The molecule has 45 heavy (non-hydrogen) atoms. The monoisotopic (exact) mass is 662 g/mol. The summed E-state index contributed by atoms with van der Waals surface area (Å²) in [6, 6.07) is 5.47. The smallest absolute Gasteiger partial charge is 0.369 e. The third kappa shape index (κ3) is 11.6. The standard InChI is InChI=1S/C24H17F7N2O3S.C6H14.C2H6/c25-19-5-3-15(23(26,27)28)10-18(19)21(7-8-21)13-22(35,6-1-9-36-37)20(34)33-16-4-2-14(12-32)17(11-16)24(29,30)31;1-5-6(2,3)4;1-2/h2-5,10-11,35,37H,7-9,13H2,(H,33,34);5H2,1-4H3;1-2H3. The Hall–Kier alpha value is -3.26. The van der Waals surface area contributed by atoms with E-state index in [-0.39, 0.29) is 18.4 Å². The molecule has 0 heterocycles. The summed E-state index contributed by atoms with van der Waals surface area (Å²) in [6.45, 7) is 12.5. The van der Waals surface area contributed by atoms with Crippen LogP contribution in [0.4, 0.5) is 36.4 Å². The fourth-order valence-corrected chi connectivity index (χ4v) is 3.94. The maximum Gasteiger partial charge on any atom is 0.417 e. The predicted molar refractivity (Wildman–Crippen MR) is 160 cm³/mol. The topological polar surface area (TPSA) is 82.4 Å². The van der Waals surface area contributed by atoms with E-state index in [4.69, 9.17) is 5.26 Å². The van der Waals surface area contributed by atoms with E-state index in [0.29, 0.717) is 29.7 Å². The molecule has 248 valence electrons. The molecule has 1 atom stereocenters. The fraction of sp³-hybridized carbons (Fsp3) is 0.500. The van der Waals surface area contributed by atoms with Gasteiger partial charge in [0.05, 0.1) is 22.8 Å². The molecule has 1 unspecified atom stereocenters. The van der Waals surface area contributed by atoms with Crippen LogP contribution >= 0.6 is 12.9 Å². The third-order valence-corrected chi connectivity index (χ3v) is 7.01. The highest BCUT2D eigenvalue weighted by atomic mass is 32.1. The van der Waals surface area contributed by atoms with E-state index >= 15 is 0 Å². The third-order valence-electron chi connectivity index (χ3n) is 6.88. The zero-order valence-electron chi connectivity index (χ0n) is 25.8. The van der Waals surface area contributed by atoms with Gasteiger partial charge in [-0.1, -0.05) is 59.8 Å². The van der Waals surface area contributed by atoms with Crippen LogP contribution in [-0.4, -0.2) is 23.2 Å². The number of alkyl halides is 6. The Morgan fingerprint density at radius 3 is 2.07 bits per heavy atom. The van der Waals surface area contributed by atoms with E-state index in [2.05, 4.69) is 61.9 Å². The van der Waals surface area contributed by atoms with Crippen molar-refractivity contribution in [2.75, 3.05) is 11.9 Å². The van der Waals surface area contributed by atoms with E-state index in [1.807, 2.05) is 13.8 Å². The van der Waals surface area contributed by atoms with Crippen molar-refractivity contribution in [3.63, 3.8) is 0 Å². The number of aliphatic hydroxyl groups is 1. The molecule has 2 aromatic carbocycles. The Labute approximate surface area is 264 Å². The molecule has 1 aliphatic carbocycles. The Balaban J connectivity index is 0.00000113. The van der Waals surface area contributed by atoms with E-state index in [0.717, 1.165) is 12.1 Å². The van der Waals surface area contributed by atoms with Crippen LogP contribution in [0.1, 0.15) is 89.5 Å². The Bertz CT molecular complexity index is 1410. The van der Waals surface area contributed by atoms with Crippen molar-refractivity contribution in [1.82, 2.24) is 0 Å². The van der Waals surface area contributed by atoms with Crippen LogP contribution in [0, 0.1) is 34.4 Å². The first-order chi connectivity index (χ1) is 20.7. The summed E-state index contributed by atoms with van der Waals surface area (Å²) in [6.07, 6.45) is -8.87. The van der Waals surface area contributed by atoms with Gasteiger partial charge in [0, 0.05) is 17.5 Å². The first-order valence-corrected chi connectivity index (χ1v) is 14.4. The van der Waals surface area contributed by atoms with Crippen molar-refractivity contribution in [2.24, 2.45) is 5.41 Å². The number of nitriles is 1. The first kappa shape index (κ1) is 39.8. The summed E-state index contributed by atoms with van der Waals surface area (Å²) < 4.78 is 98.6. The second-order valence-corrected chi connectivity index (χ2v) is 11.6. The van der Waals surface area contributed by atoms with Crippen LogP contribution < -0.4 is 5.32 Å². The molecular formula is C32H37F7N2O3S. The molecule has 1 amide bonds. The molecular weight excluding hydrogens is 625 g/mol. The number of hydrogen-bond donors (Lipinski definition) is 3. The molecule has 0 aromatic heterocycles. The molecule has 1 aliphatic rings. The number of amides is 1. The van der Waals surface area contributed by atoms with Crippen molar-refractivity contribution in [3.05, 3.63) is 64.5 Å². The quantitative estimate of drug-likeness (QED) is 0.125. The van der Waals surface area contributed by atoms with Gasteiger partial charge >= 0.3 is 12.4 Å². The van der Waals surface area contributed by atoms with Crippen molar-refractivity contribution in [1.29, 1.82) is 5.26 Å². The Morgan fingerprint density at radius 1 is 1.04 bits per heavy atom. The molecule has 3 rings (SSSR count). The summed E-state index contributed by atoms with van der Waals surface area (Å²) in [5, 5.41) is 22.2. The number of carbonyl (C=O) groups excluding carboxylic acids is 1. The highest BCUT2D eigenvalue weighted by Crippen LogP contribution is 2.55. The average molecular weight is 663 g/mol. The lowest BCUT2D eigenvalue weighted by molar-refractivity contribution is -0.138. The number of anilines is 1. The second kappa shape index (κ2) is 15.8. The van der Waals surface area contributed by atoms with Gasteiger partial charge in [0.1, 0.15) is 12.4 Å². The van der Waals surface area contributed by atoms with Crippen LogP contribution in [0.2, 0.25) is 0 Å². The largest absolute Gasteiger partial charge is 0.417 e. The minimum atomic E-state index is -4.93. The first-order valence-electron chi connectivity index (χ1n) is 14.0. The number of rotatable bonds is 6. The molecule has 5 nitrogen and oxygen atoms in total. The van der Waals surface area contributed by atoms with Crippen molar-refractivity contribution >= 4 is 24.5 Å². The van der Waals surface area contributed by atoms with Crippen LogP contribution in [-0.2, 0) is 26.7 Å². The van der Waals surface area contributed by atoms with Crippen molar-refractivity contribution in [3.8, 4) is 17.9 Å². The van der Waals surface area contributed by atoms with Crippen LogP contribution in [0.5, 0.6) is 0 Å². The zero-order valence-corrected chi connectivity index (χ0v) is 26.7. The maximum absolute atomic E-state index is 14.6. The van der Waals surface area contributed by atoms with E-state index < -0.39 is 70.5 Å². The number of nitrogens with one attached hydrogen (secondary N) is 1. The van der Waals surface area contributed by atoms with Gasteiger partial charge in [-0.15, -0.1) is 0 Å². The molecule has 2 aromatic rings. The minimum Gasteiger partial charge on any atom is -0.369 e. The number of thiol groups is 1. The normalized spacial score (nSPS) is 15.0. The van der Waals surface area contributed by atoms with Crippen LogP contribution in [0.3, 0.4) is 0 Å². The van der Waals surface area contributed by atoms with E-state index in [1.54, 1.807) is 0 Å². The highest BCUT2D eigenvalue weighted by Gasteiger charge is 2.54. The Morgan fingerprint density at radius 2 is 1.62 bits per heavy atom. The fourth-order valence-electron chi connectivity index (χ4n) is 3.87. The predicted octanol–water partition coefficient (Wildman–Crippen LogP) is 8.86. The van der Waals surface area contributed by atoms with Gasteiger partial charge in [0.15, 0.2) is 0 Å². The van der Waals surface area contributed by atoms with E-state index in [1.165, 1.54) is 12.5 Å². The summed E-state index contributed by atoms with van der Waals surface area (Å²) in [5.74, 6) is 2.21. The summed E-state index contributed by atoms with van der Waals surface area (Å²) in [4.78, 5) is 13.0. The molecule has 1 saturated carbocycles. The lowest BCUT2D eigenvalue weighted by Crippen LogP contribution is -2.45. The summed E-state index contributed by atoms with van der Waals surface area (Å²) in [5.41, 5.74) is -7.50. The van der Waals surface area contributed by atoms with Gasteiger partial charge in [-0.05, 0) is 73.1 Å². The van der Waals surface area contributed by atoms with Gasteiger partial charge in [-0.2, -0.15) is 31.6 Å². The van der Waals surface area contributed by atoms with Crippen molar-refractivity contribution in [2.45, 2.75) is 90.6 Å². The highest BCUT2D eigenvalue weighted by molar-refractivity contribution is 7.75. The molecule has 13 heteroatoms. The van der Waals surface area contributed by atoms with Gasteiger partial charge in [-0.25, -0.2) is 4.39 Å². The zero-order chi connectivity index (χ0) is 34.9. The van der Waals surface area contributed by atoms with Gasteiger partial charge in [0.2, 0.25) is 5.60 Å². The Kier molecular flexibility index (Phi) is 14.0. The number of halogens is 7. The van der Waals surface area contributed by atoms with Gasteiger partial charge in [0.25, 0.3) is 5.91 Å². The summed E-state index contributed by atoms with van der Waals surface area (Å²) in [7, 11) is 0. The SMILES string of the molecule is CC.CCC(C)(C)C.N#Cc1ccc(NC(=O)C(O)(C#CCOS)CC2(c3cc(C(F)(F)F)ccc3F)CC2)cc1C(F)(F)F. The molecule has 0 spiro atoms. The molecule has 1 fully saturated rings. The van der Waals surface area contributed by atoms with Gasteiger partial charge < -0.3 is 14.6 Å². The average Bonchev–Trinajstić information content (AvgIpc) is 3.73. The second-order valence-electron chi connectivity index (χ2n) is 11.3. The minimum absolute atomic E-state index is 0.112. The van der Waals surface area contributed by atoms with Crippen LogP contribution in [0.25, 0.3) is 0 Å². The number of hydrogen-bond acceptors (Lipinski definition) is 5. The number of benzene rings is 2. The molecule has 0 bridgehead atoms. The molecule has 0 radical (unpaired) electrons. The molecule has 0 aliphatic heterocycles. The van der Waals surface area contributed by atoms with Crippen molar-refractivity contribution < 1.29 is 44.8 Å². The molecule has 0 saturated heterocycles. The number of carbonyl (C=O) groups is 1. The molecule has 2 N–H and O–H groups in total. The lowest BCUT2D eigenvalue weighted by atomic mass is 9.82. The summed E-state index contributed by atoms with van der Waals surface area (Å²) >= 11 is 3.47. The lowest BCUT2D eigenvalue weighted by Gasteiger charge is -2.28. The maximum atomic E-state index is 14.6.